The number of amides is 2. The number of carbonyl (C=O) groups is 2. The summed E-state index contributed by atoms with van der Waals surface area (Å²) < 4.78 is 5.19. The van der Waals surface area contributed by atoms with E-state index in [-0.39, 0.29) is 24.3 Å². The van der Waals surface area contributed by atoms with Gasteiger partial charge in [0.05, 0.1) is 12.8 Å². The van der Waals surface area contributed by atoms with Crippen molar-refractivity contribution in [1.29, 1.82) is 0 Å². The highest BCUT2D eigenvalue weighted by Crippen LogP contribution is 2.24. The molecule has 1 unspecified atom stereocenters. The molecule has 120 valence electrons. The average Bonchev–Trinajstić information content (AvgIpc) is 2.55. The molecule has 1 atom stereocenters. The smallest absolute Gasteiger partial charge is 0.233 e. The number of benzene rings is 1. The lowest BCUT2D eigenvalue weighted by molar-refractivity contribution is -0.137. The molecule has 1 aliphatic heterocycles. The molecule has 0 aliphatic carbocycles. The summed E-state index contributed by atoms with van der Waals surface area (Å²) in [7, 11) is 1.55. The van der Waals surface area contributed by atoms with Gasteiger partial charge in [-0.1, -0.05) is 19.1 Å². The number of nitrogens with one attached hydrogen (secondary N) is 1. The Morgan fingerprint density at radius 2 is 2.09 bits per heavy atom. The van der Waals surface area contributed by atoms with E-state index in [0.717, 1.165) is 32.2 Å². The average molecular weight is 304 g/mol. The molecule has 1 aromatic rings. The minimum Gasteiger partial charge on any atom is -0.495 e. The third-order valence-corrected chi connectivity index (χ3v) is 4.11. The normalized spacial score (nSPS) is 17.9. The molecule has 1 aromatic carbocycles. The maximum Gasteiger partial charge on any atom is 0.233 e. The van der Waals surface area contributed by atoms with Gasteiger partial charge in [-0.05, 0) is 37.8 Å². The minimum absolute atomic E-state index is 0.0843. The van der Waals surface area contributed by atoms with Crippen LogP contribution in [0.1, 0.15) is 39.0 Å². The van der Waals surface area contributed by atoms with Crippen LogP contribution in [0.2, 0.25) is 0 Å². The number of rotatable bonds is 5. The number of hydrogen-bond donors (Lipinski definition) is 1. The summed E-state index contributed by atoms with van der Waals surface area (Å²) in [4.78, 5) is 26.3. The number of carbonyl (C=O) groups excluding carboxylic acids is 2. The molecule has 0 saturated carbocycles. The fourth-order valence-corrected chi connectivity index (χ4v) is 2.93. The molecule has 0 spiro atoms. The Kier molecular flexibility index (Phi) is 5.81. The quantitative estimate of drug-likeness (QED) is 0.851. The third kappa shape index (κ3) is 4.00. The second-order valence-electron chi connectivity index (χ2n) is 5.57. The van der Waals surface area contributed by atoms with Gasteiger partial charge in [0.1, 0.15) is 12.2 Å². The Bertz CT molecular complexity index is 530. The Balaban J connectivity index is 1.95. The predicted octanol–water partition coefficient (Wildman–Crippen LogP) is 2.81. The topological polar surface area (TPSA) is 58.6 Å². The van der Waals surface area contributed by atoms with Gasteiger partial charge in [-0.2, -0.15) is 0 Å². The van der Waals surface area contributed by atoms with Crippen LogP contribution in [-0.4, -0.2) is 36.4 Å². The zero-order valence-electron chi connectivity index (χ0n) is 13.3. The molecule has 1 aliphatic rings. The van der Waals surface area contributed by atoms with Crippen LogP contribution < -0.4 is 10.1 Å². The van der Waals surface area contributed by atoms with E-state index in [4.69, 9.17) is 4.74 Å². The number of likely N-dealkylation sites (tertiary alicyclic amines) is 1. The lowest BCUT2D eigenvalue weighted by Gasteiger charge is -2.35. The highest BCUT2D eigenvalue weighted by molar-refractivity contribution is 6.04. The molecule has 1 fully saturated rings. The van der Waals surface area contributed by atoms with Crippen molar-refractivity contribution in [2.24, 2.45) is 0 Å². The molecule has 0 bridgehead atoms. The largest absolute Gasteiger partial charge is 0.495 e. The molecule has 5 nitrogen and oxygen atoms in total. The van der Waals surface area contributed by atoms with Crippen LogP contribution in [0.4, 0.5) is 5.69 Å². The van der Waals surface area contributed by atoms with E-state index in [1.54, 1.807) is 19.2 Å². The van der Waals surface area contributed by atoms with Gasteiger partial charge < -0.3 is 15.0 Å². The summed E-state index contributed by atoms with van der Waals surface area (Å²) in [5.74, 6) is 0.210. The Morgan fingerprint density at radius 3 is 2.82 bits per heavy atom. The van der Waals surface area contributed by atoms with Crippen molar-refractivity contribution in [1.82, 2.24) is 4.90 Å². The van der Waals surface area contributed by atoms with Gasteiger partial charge in [0.15, 0.2) is 0 Å². The summed E-state index contributed by atoms with van der Waals surface area (Å²) in [6, 6.07) is 7.46. The van der Waals surface area contributed by atoms with Crippen molar-refractivity contribution in [3.63, 3.8) is 0 Å². The van der Waals surface area contributed by atoms with Gasteiger partial charge in [-0.15, -0.1) is 0 Å². The van der Waals surface area contributed by atoms with E-state index in [9.17, 15) is 9.59 Å². The molecular formula is C17H24N2O3. The second kappa shape index (κ2) is 7.82. The number of nitrogens with zero attached hydrogens (tertiary/aromatic N) is 1. The maximum absolute atomic E-state index is 12.4. The minimum atomic E-state index is -0.296. The number of methoxy groups -OCH3 is 1. The summed E-state index contributed by atoms with van der Waals surface area (Å²) >= 11 is 0. The summed E-state index contributed by atoms with van der Waals surface area (Å²) in [6.07, 6.45) is 4.05. The van der Waals surface area contributed by atoms with Gasteiger partial charge in [0, 0.05) is 12.6 Å². The number of ether oxygens (including phenoxy) is 1. The SMILES string of the molecule is CCC1CCCCN1C(=O)CC(=O)Nc1ccccc1OC. The summed E-state index contributed by atoms with van der Waals surface area (Å²) in [6.45, 7) is 2.85. The first kappa shape index (κ1) is 16.3. The van der Waals surface area contributed by atoms with E-state index < -0.39 is 0 Å². The van der Waals surface area contributed by atoms with Crippen LogP contribution in [-0.2, 0) is 9.59 Å². The highest BCUT2D eigenvalue weighted by atomic mass is 16.5. The first-order valence-electron chi connectivity index (χ1n) is 7.88. The van der Waals surface area contributed by atoms with Crippen LogP contribution in [0.15, 0.2) is 24.3 Å². The number of anilines is 1. The zero-order chi connectivity index (χ0) is 15.9. The molecule has 2 amide bonds. The maximum atomic E-state index is 12.4. The van der Waals surface area contributed by atoms with Crippen LogP contribution in [0.3, 0.4) is 0 Å². The van der Waals surface area contributed by atoms with E-state index in [0.29, 0.717) is 11.4 Å². The van der Waals surface area contributed by atoms with Gasteiger partial charge in [-0.3, -0.25) is 9.59 Å². The van der Waals surface area contributed by atoms with E-state index in [2.05, 4.69) is 12.2 Å². The second-order valence-corrected chi connectivity index (χ2v) is 5.57. The van der Waals surface area contributed by atoms with Gasteiger partial charge in [0.2, 0.25) is 11.8 Å². The number of piperidine rings is 1. The monoisotopic (exact) mass is 304 g/mol. The fourth-order valence-electron chi connectivity index (χ4n) is 2.93. The van der Waals surface area contributed by atoms with Crippen LogP contribution in [0, 0.1) is 0 Å². The molecule has 22 heavy (non-hydrogen) atoms. The predicted molar refractivity (Wildman–Crippen MR) is 85.9 cm³/mol. The number of hydrogen-bond acceptors (Lipinski definition) is 3. The summed E-state index contributed by atoms with van der Waals surface area (Å²) in [5.41, 5.74) is 0.591. The Morgan fingerprint density at radius 1 is 1.32 bits per heavy atom. The first-order chi connectivity index (χ1) is 10.7. The Hall–Kier alpha value is -2.04. The summed E-state index contributed by atoms with van der Waals surface area (Å²) in [5, 5.41) is 2.75. The van der Waals surface area contributed by atoms with Gasteiger partial charge in [-0.25, -0.2) is 0 Å². The van der Waals surface area contributed by atoms with Crippen LogP contribution >= 0.6 is 0 Å². The highest BCUT2D eigenvalue weighted by Gasteiger charge is 2.26. The van der Waals surface area contributed by atoms with Gasteiger partial charge >= 0.3 is 0 Å². The van der Waals surface area contributed by atoms with E-state index >= 15 is 0 Å². The fraction of sp³-hybridized carbons (Fsp3) is 0.529. The lowest BCUT2D eigenvalue weighted by Crippen LogP contribution is -2.44. The van der Waals surface area contributed by atoms with Gasteiger partial charge in [0.25, 0.3) is 0 Å². The van der Waals surface area contributed by atoms with Crippen LogP contribution in [0.5, 0.6) is 5.75 Å². The van der Waals surface area contributed by atoms with Crippen molar-refractivity contribution in [2.75, 3.05) is 19.0 Å². The van der Waals surface area contributed by atoms with Crippen molar-refractivity contribution in [3.05, 3.63) is 24.3 Å². The molecule has 1 saturated heterocycles. The van der Waals surface area contributed by atoms with Crippen molar-refractivity contribution >= 4 is 17.5 Å². The van der Waals surface area contributed by atoms with Crippen molar-refractivity contribution < 1.29 is 14.3 Å². The molecule has 0 aromatic heterocycles. The Labute approximate surface area is 131 Å². The van der Waals surface area contributed by atoms with Crippen molar-refractivity contribution in [2.45, 2.75) is 45.1 Å². The molecule has 2 rings (SSSR count). The number of para-hydroxylation sites is 2. The lowest BCUT2D eigenvalue weighted by atomic mass is 9.99. The van der Waals surface area contributed by atoms with E-state index in [1.807, 2.05) is 17.0 Å². The molecule has 0 radical (unpaired) electrons. The van der Waals surface area contributed by atoms with E-state index in [1.165, 1.54) is 0 Å². The van der Waals surface area contributed by atoms with Crippen molar-refractivity contribution in [3.8, 4) is 5.75 Å². The standard InChI is InChI=1S/C17H24N2O3/c1-3-13-8-6-7-11-19(13)17(21)12-16(20)18-14-9-4-5-10-15(14)22-2/h4-5,9-10,13H,3,6-8,11-12H2,1-2H3,(H,18,20). The van der Waals surface area contributed by atoms with Crippen LogP contribution in [0.25, 0.3) is 0 Å². The molecule has 1 N–H and O–H groups in total. The molecule has 1 heterocycles. The molecular weight excluding hydrogens is 280 g/mol. The zero-order valence-corrected chi connectivity index (χ0v) is 13.3. The molecule has 5 heteroatoms. The first-order valence-corrected chi connectivity index (χ1v) is 7.88. The third-order valence-electron chi connectivity index (χ3n) is 4.11.